The molecule has 0 spiro atoms. The molecule has 0 unspecified atom stereocenters. The smallest absolute Gasteiger partial charge is 0.742 e. The summed E-state index contributed by atoms with van der Waals surface area (Å²) in [7, 11) is -4.64. The van der Waals surface area contributed by atoms with E-state index in [2.05, 4.69) is 4.98 Å². The van der Waals surface area contributed by atoms with E-state index >= 15 is 0 Å². The van der Waals surface area contributed by atoms with E-state index in [1.807, 2.05) is 6.07 Å². The number of para-hydroxylation sites is 3. The van der Waals surface area contributed by atoms with Crippen molar-refractivity contribution in [3.05, 3.63) is 54.6 Å². The van der Waals surface area contributed by atoms with Gasteiger partial charge in [-0.2, -0.15) is 0 Å². The Morgan fingerprint density at radius 1 is 0.950 bits per heavy atom. The first-order chi connectivity index (χ1) is 9.07. The third-order valence-corrected chi connectivity index (χ3v) is 3.49. The second kappa shape index (κ2) is 5.67. The predicted molar refractivity (Wildman–Crippen MR) is 69.0 cm³/mol. The summed E-state index contributed by atoms with van der Waals surface area (Å²) in [5, 5.41) is -0.486. The summed E-state index contributed by atoms with van der Waals surface area (Å²) in [5.74, 6) is 0. The number of nitrogens with zero attached hydrogens (tertiary/aromatic N) is 2. The monoisotopic (exact) mass is 296 g/mol. The molecule has 96 valence electrons. The molecule has 0 aliphatic rings. The van der Waals surface area contributed by atoms with Crippen LogP contribution in [0.1, 0.15) is 0 Å². The van der Waals surface area contributed by atoms with Crippen molar-refractivity contribution in [1.82, 2.24) is 9.55 Å². The second-order valence-electron chi connectivity index (χ2n) is 4.01. The Labute approximate surface area is 138 Å². The molecule has 2 aromatic carbocycles. The van der Waals surface area contributed by atoms with Gasteiger partial charge in [-0.1, -0.05) is 30.3 Å². The molecular formula is C13H9N2NaO3S. The van der Waals surface area contributed by atoms with Crippen LogP contribution in [0, 0.1) is 0 Å². The van der Waals surface area contributed by atoms with E-state index in [1.165, 1.54) is 4.57 Å². The Balaban J connectivity index is 0.00000147. The Kier molecular flexibility index (Phi) is 4.31. The maximum absolute atomic E-state index is 11.4. The third-order valence-electron chi connectivity index (χ3n) is 2.77. The number of rotatable bonds is 2. The van der Waals surface area contributed by atoms with Crippen LogP contribution in [0.4, 0.5) is 0 Å². The van der Waals surface area contributed by atoms with E-state index in [9.17, 15) is 13.0 Å². The fourth-order valence-corrected chi connectivity index (χ4v) is 2.64. The van der Waals surface area contributed by atoms with Crippen molar-refractivity contribution in [3.8, 4) is 5.69 Å². The molecule has 1 aromatic heterocycles. The first-order valence-electron chi connectivity index (χ1n) is 5.56. The van der Waals surface area contributed by atoms with Gasteiger partial charge in [0, 0.05) is 5.69 Å². The Bertz CT molecular complexity index is 844. The first-order valence-corrected chi connectivity index (χ1v) is 6.97. The molecule has 20 heavy (non-hydrogen) atoms. The van der Waals surface area contributed by atoms with Crippen LogP contribution in [-0.2, 0) is 10.1 Å². The molecule has 3 rings (SSSR count). The van der Waals surface area contributed by atoms with Gasteiger partial charge in [0.25, 0.3) is 0 Å². The van der Waals surface area contributed by atoms with Crippen molar-refractivity contribution in [2.45, 2.75) is 5.16 Å². The quantitative estimate of drug-likeness (QED) is 0.446. The van der Waals surface area contributed by atoms with E-state index in [4.69, 9.17) is 0 Å². The van der Waals surface area contributed by atoms with Gasteiger partial charge in [-0.05, 0) is 24.3 Å². The van der Waals surface area contributed by atoms with Gasteiger partial charge >= 0.3 is 29.6 Å². The second-order valence-corrected chi connectivity index (χ2v) is 5.28. The number of hydrogen-bond donors (Lipinski definition) is 0. The Morgan fingerprint density at radius 2 is 1.55 bits per heavy atom. The molecule has 5 nitrogen and oxygen atoms in total. The molecule has 0 N–H and O–H groups in total. The van der Waals surface area contributed by atoms with Crippen molar-refractivity contribution < 1.29 is 42.5 Å². The summed E-state index contributed by atoms with van der Waals surface area (Å²) < 4.78 is 35.4. The summed E-state index contributed by atoms with van der Waals surface area (Å²) in [6.07, 6.45) is 0. The molecule has 0 saturated heterocycles. The molecule has 1 heterocycles. The number of fused-ring (bicyclic) bond motifs is 1. The molecule has 7 heteroatoms. The van der Waals surface area contributed by atoms with E-state index in [0.717, 1.165) is 0 Å². The first kappa shape index (κ1) is 15.2. The van der Waals surface area contributed by atoms with Crippen LogP contribution < -0.4 is 29.6 Å². The van der Waals surface area contributed by atoms with Crippen molar-refractivity contribution in [2.75, 3.05) is 0 Å². The summed E-state index contributed by atoms with van der Waals surface area (Å²) >= 11 is 0. The van der Waals surface area contributed by atoms with Gasteiger partial charge < -0.3 is 4.55 Å². The average molecular weight is 296 g/mol. The number of hydrogen-bond acceptors (Lipinski definition) is 4. The fraction of sp³-hybridized carbons (Fsp3) is 0. The predicted octanol–water partition coefficient (Wildman–Crippen LogP) is -1.07. The van der Waals surface area contributed by atoms with Crippen molar-refractivity contribution in [1.29, 1.82) is 0 Å². The van der Waals surface area contributed by atoms with Gasteiger partial charge in [0.1, 0.15) is 0 Å². The normalized spacial score (nSPS) is 11.2. The summed E-state index contributed by atoms with van der Waals surface area (Å²) in [5.41, 5.74) is 1.65. The van der Waals surface area contributed by atoms with Crippen LogP contribution in [0.15, 0.2) is 59.8 Å². The zero-order valence-corrected chi connectivity index (χ0v) is 13.5. The van der Waals surface area contributed by atoms with Crippen LogP contribution in [-0.4, -0.2) is 22.5 Å². The molecule has 0 aliphatic carbocycles. The molecular weight excluding hydrogens is 287 g/mol. The number of aromatic nitrogens is 2. The zero-order valence-electron chi connectivity index (χ0n) is 10.7. The largest absolute Gasteiger partial charge is 1.00 e. The van der Waals surface area contributed by atoms with Crippen LogP contribution in [0.5, 0.6) is 0 Å². The van der Waals surface area contributed by atoms with Crippen LogP contribution in [0.3, 0.4) is 0 Å². The van der Waals surface area contributed by atoms with Gasteiger partial charge in [-0.25, -0.2) is 13.4 Å². The standard InChI is InChI=1S/C13H10N2O3S.Na/c16-19(17,18)13-14-11-8-4-5-9-12(11)15(13)10-6-2-1-3-7-10;/h1-9H,(H,16,17,18);/q;+1/p-1. The van der Waals surface area contributed by atoms with Crippen molar-refractivity contribution in [3.63, 3.8) is 0 Å². The Morgan fingerprint density at radius 3 is 2.20 bits per heavy atom. The molecule has 0 fully saturated rings. The van der Waals surface area contributed by atoms with Crippen LogP contribution in [0.2, 0.25) is 0 Å². The molecule has 0 radical (unpaired) electrons. The maximum Gasteiger partial charge on any atom is 1.00 e. The summed E-state index contributed by atoms with van der Waals surface area (Å²) in [4.78, 5) is 3.92. The SMILES string of the molecule is O=S(=O)([O-])c1nc2ccccc2n1-c1ccccc1.[Na+]. The fourth-order valence-electron chi connectivity index (χ4n) is 2.00. The van der Waals surface area contributed by atoms with E-state index in [-0.39, 0.29) is 29.6 Å². The number of benzene rings is 2. The van der Waals surface area contributed by atoms with Gasteiger partial charge in [0.2, 0.25) is 5.16 Å². The summed E-state index contributed by atoms with van der Waals surface area (Å²) in [6.45, 7) is 0. The minimum Gasteiger partial charge on any atom is -0.742 e. The minimum atomic E-state index is -4.64. The van der Waals surface area contributed by atoms with Crippen LogP contribution in [0.25, 0.3) is 16.7 Å². The van der Waals surface area contributed by atoms with Gasteiger partial charge in [0.05, 0.1) is 11.0 Å². The molecule has 0 amide bonds. The van der Waals surface area contributed by atoms with Crippen molar-refractivity contribution in [2.24, 2.45) is 0 Å². The van der Waals surface area contributed by atoms with E-state index in [1.54, 1.807) is 48.5 Å². The topological polar surface area (TPSA) is 75.0 Å². The third kappa shape index (κ3) is 2.65. The maximum atomic E-state index is 11.4. The van der Waals surface area contributed by atoms with Gasteiger partial charge in [-0.3, -0.25) is 4.57 Å². The minimum absolute atomic E-state index is 0. The Hall–Kier alpha value is -1.18. The molecule has 0 saturated carbocycles. The molecule has 0 atom stereocenters. The summed E-state index contributed by atoms with van der Waals surface area (Å²) in [6, 6.07) is 15.7. The van der Waals surface area contributed by atoms with Gasteiger partial charge in [0.15, 0.2) is 10.1 Å². The van der Waals surface area contributed by atoms with E-state index in [0.29, 0.717) is 16.7 Å². The molecule has 0 bridgehead atoms. The molecule has 3 aromatic rings. The molecule has 0 aliphatic heterocycles. The average Bonchev–Trinajstić information content (AvgIpc) is 2.79. The number of imidazole rings is 1. The van der Waals surface area contributed by atoms with Crippen molar-refractivity contribution >= 4 is 21.2 Å². The van der Waals surface area contributed by atoms with Crippen LogP contribution >= 0.6 is 0 Å². The van der Waals surface area contributed by atoms with Gasteiger partial charge in [-0.15, -0.1) is 0 Å². The zero-order chi connectivity index (χ0) is 13.5. The van der Waals surface area contributed by atoms with E-state index < -0.39 is 15.3 Å².